The predicted molar refractivity (Wildman–Crippen MR) is 210 cm³/mol. The second kappa shape index (κ2) is 17.1. The van der Waals surface area contributed by atoms with Crippen LogP contribution in [-0.4, -0.2) is 69.7 Å². The molecule has 1 saturated heterocycles. The number of hydrogen-bond donors (Lipinski definition) is 4. The van der Waals surface area contributed by atoms with Crippen molar-refractivity contribution in [3.8, 4) is 0 Å². The number of carbonyl (C=O) groups is 5. The van der Waals surface area contributed by atoms with Crippen molar-refractivity contribution in [3.05, 3.63) is 116 Å². The van der Waals surface area contributed by atoms with E-state index >= 15 is 8.78 Å². The summed E-state index contributed by atoms with van der Waals surface area (Å²) in [6, 6.07) is 15.9. The van der Waals surface area contributed by atoms with Gasteiger partial charge in [-0.15, -0.1) is 11.3 Å². The highest BCUT2D eigenvalue weighted by atomic mass is 32.1. The number of benzene rings is 3. The summed E-state index contributed by atoms with van der Waals surface area (Å²) in [6.45, 7) is 6.05. The van der Waals surface area contributed by atoms with E-state index in [1.54, 1.807) is 47.4 Å². The zero-order valence-electron chi connectivity index (χ0n) is 31.4. The van der Waals surface area contributed by atoms with Gasteiger partial charge >= 0.3 is 5.97 Å². The van der Waals surface area contributed by atoms with E-state index in [1.807, 2.05) is 19.9 Å². The molecule has 1 aliphatic carbocycles. The molecule has 56 heavy (non-hydrogen) atoms. The number of rotatable bonds is 13. The third-order valence-electron chi connectivity index (χ3n) is 10.5. The average Bonchev–Trinajstić information content (AvgIpc) is 3.52. The molecule has 1 fully saturated rings. The summed E-state index contributed by atoms with van der Waals surface area (Å²) in [7, 11) is 0. The number of nitrogens with two attached hydrogens (primary N) is 1. The minimum absolute atomic E-state index is 0.0388. The summed E-state index contributed by atoms with van der Waals surface area (Å²) in [5.74, 6) is -4.33. The Hall–Kier alpha value is -5.47. The van der Waals surface area contributed by atoms with Crippen LogP contribution in [0.2, 0.25) is 0 Å². The van der Waals surface area contributed by atoms with Crippen LogP contribution in [-0.2, 0) is 41.8 Å². The molecule has 2 heterocycles. The van der Waals surface area contributed by atoms with Gasteiger partial charge in [0.1, 0.15) is 16.6 Å². The van der Waals surface area contributed by atoms with E-state index in [9.17, 15) is 24.0 Å². The van der Waals surface area contributed by atoms with Crippen molar-refractivity contribution in [2.75, 3.05) is 30.3 Å². The normalized spacial score (nSPS) is 15.2. The van der Waals surface area contributed by atoms with E-state index in [0.29, 0.717) is 55.1 Å². The highest BCUT2D eigenvalue weighted by Crippen LogP contribution is 2.39. The molecule has 0 spiro atoms. The molecule has 3 aromatic carbocycles. The molecule has 6 rings (SSSR count). The van der Waals surface area contributed by atoms with Gasteiger partial charge in [-0.2, -0.15) is 0 Å². The average molecular weight is 786 g/mol. The Balaban J connectivity index is 1.13. The monoisotopic (exact) mass is 785 g/mol. The number of carbonyl (C=O) groups excluding carboxylic acids is 4. The quantitative estimate of drug-likeness (QED) is 0.119. The van der Waals surface area contributed by atoms with Crippen molar-refractivity contribution in [3.63, 3.8) is 0 Å². The molecule has 294 valence electrons. The first-order chi connectivity index (χ1) is 26.7. The van der Waals surface area contributed by atoms with Gasteiger partial charge in [0.2, 0.25) is 11.8 Å². The number of anilines is 2. The lowest BCUT2D eigenvalue weighted by atomic mass is 9.95. The molecular weight excluding hydrogens is 741 g/mol. The summed E-state index contributed by atoms with van der Waals surface area (Å²) in [5.41, 5.74) is 8.22. The van der Waals surface area contributed by atoms with E-state index in [2.05, 4.69) is 15.5 Å². The number of halogens is 2. The van der Waals surface area contributed by atoms with Crippen molar-refractivity contribution in [2.24, 2.45) is 5.73 Å². The molecule has 5 N–H and O–H groups in total. The van der Waals surface area contributed by atoms with Crippen LogP contribution in [0, 0.1) is 11.6 Å². The number of nitrogens with zero attached hydrogens (tertiary/aromatic N) is 2. The molecule has 11 nitrogen and oxygen atoms in total. The molecule has 2 aliphatic rings. The molecule has 4 aromatic rings. The number of carboxylic acids is 1. The van der Waals surface area contributed by atoms with Crippen LogP contribution in [0.1, 0.15) is 97.7 Å². The Morgan fingerprint density at radius 2 is 1.55 bits per heavy atom. The summed E-state index contributed by atoms with van der Waals surface area (Å²) in [6.07, 6.45) is 3.33. The van der Waals surface area contributed by atoms with E-state index in [4.69, 9.17) is 10.8 Å². The van der Waals surface area contributed by atoms with Gasteiger partial charge in [-0.3, -0.25) is 28.9 Å². The van der Waals surface area contributed by atoms with Crippen LogP contribution in [0.15, 0.2) is 60.7 Å². The van der Waals surface area contributed by atoms with E-state index in [-0.39, 0.29) is 42.0 Å². The SMILES string of the molecule is CC1(C)CN(C(=O)CCC(=O)O)CCN1Cc1cccc(C(=O)Nc2sc3c(c2C(=O)Nc2cc(F)c(CCc4ccc(C(N)=O)cc4)c(F)c2)CCCC3)c1. The summed E-state index contributed by atoms with van der Waals surface area (Å²) >= 11 is 1.34. The van der Waals surface area contributed by atoms with Crippen molar-refractivity contribution in [1.82, 2.24) is 9.80 Å². The Labute approximate surface area is 327 Å². The van der Waals surface area contributed by atoms with Gasteiger partial charge in [0, 0.05) is 65.4 Å². The van der Waals surface area contributed by atoms with Gasteiger partial charge in [0.05, 0.1) is 12.0 Å². The number of nitrogens with one attached hydrogen (secondary N) is 2. The lowest BCUT2D eigenvalue weighted by molar-refractivity contribution is -0.142. The number of aliphatic carboxylic acids is 1. The number of piperazine rings is 1. The second-order valence-corrected chi connectivity index (χ2v) is 16.1. The third-order valence-corrected chi connectivity index (χ3v) is 11.7. The molecule has 1 aromatic heterocycles. The topological polar surface area (TPSA) is 162 Å². The lowest BCUT2D eigenvalue weighted by Crippen LogP contribution is -2.59. The molecule has 0 saturated carbocycles. The van der Waals surface area contributed by atoms with Gasteiger partial charge in [-0.25, -0.2) is 8.78 Å². The van der Waals surface area contributed by atoms with E-state index in [0.717, 1.165) is 53.0 Å². The maximum Gasteiger partial charge on any atom is 0.303 e. The lowest BCUT2D eigenvalue weighted by Gasteiger charge is -2.47. The fourth-order valence-electron chi connectivity index (χ4n) is 7.38. The molecule has 0 unspecified atom stereocenters. The molecule has 0 bridgehead atoms. The number of hydrogen-bond acceptors (Lipinski definition) is 7. The number of primary amides is 1. The molecule has 1 aliphatic heterocycles. The van der Waals surface area contributed by atoms with Gasteiger partial charge in [0.15, 0.2) is 0 Å². The first kappa shape index (κ1) is 40.2. The smallest absolute Gasteiger partial charge is 0.303 e. The Morgan fingerprint density at radius 3 is 2.23 bits per heavy atom. The zero-order valence-corrected chi connectivity index (χ0v) is 32.2. The van der Waals surface area contributed by atoms with Crippen molar-refractivity contribution in [2.45, 2.75) is 77.3 Å². The second-order valence-electron chi connectivity index (χ2n) is 14.9. The Bertz CT molecular complexity index is 2150. The predicted octanol–water partition coefficient (Wildman–Crippen LogP) is 6.58. The highest BCUT2D eigenvalue weighted by Gasteiger charge is 2.35. The van der Waals surface area contributed by atoms with Crippen LogP contribution in [0.4, 0.5) is 19.5 Å². The maximum absolute atomic E-state index is 15.3. The van der Waals surface area contributed by atoms with Crippen molar-refractivity contribution >= 4 is 51.6 Å². The number of amides is 4. The number of thiophene rings is 1. The van der Waals surface area contributed by atoms with Crippen LogP contribution in [0.5, 0.6) is 0 Å². The van der Waals surface area contributed by atoms with Crippen molar-refractivity contribution < 1.29 is 37.9 Å². The van der Waals surface area contributed by atoms with Crippen LogP contribution >= 0.6 is 11.3 Å². The summed E-state index contributed by atoms with van der Waals surface area (Å²) in [5, 5.41) is 15.0. The number of fused-ring (bicyclic) bond motifs is 1. The largest absolute Gasteiger partial charge is 0.481 e. The van der Waals surface area contributed by atoms with Crippen LogP contribution < -0.4 is 16.4 Å². The van der Waals surface area contributed by atoms with Crippen LogP contribution in [0.3, 0.4) is 0 Å². The molecular formula is C42H45F2N5O6S. The minimum atomic E-state index is -1.01. The molecule has 4 amide bonds. The van der Waals surface area contributed by atoms with Crippen molar-refractivity contribution in [1.29, 1.82) is 0 Å². The molecule has 14 heteroatoms. The minimum Gasteiger partial charge on any atom is -0.481 e. The Kier molecular flexibility index (Phi) is 12.3. The number of aryl methyl sites for hydroxylation is 2. The zero-order chi connectivity index (χ0) is 40.1. The Morgan fingerprint density at radius 1 is 0.839 bits per heavy atom. The fourth-order valence-corrected chi connectivity index (χ4v) is 8.66. The molecule has 0 atom stereocenters. The maximum atomic E-state index is 15.3. The van der Waals surface area contributed by atoms with E-state index in [1.165, 1.54) is 11.3 Å². The van der Waals surface area contributed by atoms with Gasteiger partial charge < -0.3 is 26.4 Å². The van der Waals surface area contributed by atoms with Crippen LogP contribution in [0.25, 0.3) is 0 Å². The standard InChI is InChI=1S/C42H45F2N5O6S/c1-42(2)24-48(35(50)16-17-36(51)52)18-19-49(42)23-26-6-5-7-28(20-26)39(54)47-41-37(31-8-3-4-9-34(31)56-41)40(55)46-29-21-32(43)30(33(44)22-29)15-12-25-10-13-27(14-11-25)38(45)53/h5-7,10-11,13-14,20-22H,3-4,8-9,12,15-19,23-24H2,1-2H3,(H2,45,53)(H,46,55)(H,47,54)(H,51,52). The third kappa shape index (κ3) is 9.48. The fraction of sp³-hybridized carbons (Fsp3) is 0.357. The first-order valence-corrected chi connectivity index (χ1v) is 19.5. The first-order valence-electron chi connectivity index (χ1n) is 18.7. The summed E-state index contributed by atoms with van der Waals surface area (Å²) < 4.78 is 30.5. The van der Waals surface area contributed by atoms with E-state index < -0.39 is 40.9 Å². The molecule has 0 radical (unpaired) electrons. The van der Waals surface area contributed by atoms with Gasteiger partial charge in [0.25, 0.3) is 11.8 Å². The van der Waals surface area contributed by atoms with Gasteiger partial charge in [-0.05, 0) is 105 Å². The summed E-state index contributed by atoms with van der Waals surface area (Å²) in [4.78, 5) is 67.4. The number of carboxylic acid groups (broad SMARTS) is 1. The van der Waals surface area contributed by atoms with Gasteiger partial charge in [-0.1, -0.05) is 24.3 Å². The highest BCUT2D eigenvalue weighted by molar-refractivity contribution is 7.17.